The van der Waals surface area contributed by atoms with Crippen molar-refractivity contribution in [1.82, 2.24) is 10.2 Å². The number of aromatic amines is 1. The lowest BCUT2D eigenvalue weighted by Crippen LogP contribution is -2.14. The summed E-state index contributed by atoms with van der Waals surface area (Å²) in [4.78, 5) is 12.3. The number of anilines is 2. The van der Waals surface area contributed by atoms with Crippen molar-refractivity contribution in [3.63, 3.8) is 0 Å². The van der Waals surface area contributed by atoms with E-state index < -0.39 is 11.7 Å². The number of hydrogen-bond donors (Lipinski definition) is 3. The van der Waals surface area contributed by atoms with Crippen LogP contribution in [0.3, 0.4) is 0 Å². The molecule has 106 valence electrons. The number of nitrogen functional groups attached to an aromatic ring is 1. The maximum Gasteiger partial charge on any atom is 0.276 e. The first-order valence-electron chi connectivity index (χ1n) is 6.36. The van der Waals surface area contributed by atoms with Gasteiger partial charge in [-0.15, -0.1) is 0 Å². The van der Waals surface area contributed by atoms with Gasteiger partial charge in [-0.2, -0.15) is 5.10 Å². The first-order valence-corrected chi connectivity index (χ1v) is 6.36. The Morgan fingerprint density at radius 3 is 2.90 bits per heavy atom. The van der Waals surface area contributed by atoms with E-state index in [1.165, 1.54) is 6.07 Å². The molecule has 1 aromatic heterocycles. The summed E-state index contributed by atoms with van der Waals surface area (Å²) in [7, 11) is 0. The topological polar surface area (TPSA) is 83.8 Å². The Hall–Kier alpha value is -2.89. The number of hydrogen-bond acceptors (Lipinski definition) is 3. The van der Waals surface area contributed by atoms with E-state index in [9.17, 15) is 9.18 Å². The Balaban J connectivity index is 2.00. The number of carbonyl (C=O) groups is 1. The number of halogens is 1. The number of aryl methyl sites for hydroxylation is 1. The molecule has 1 amide bonds. The van der Waals surface area contributed by atoms with Crippen molar-refractivity contribution in [3.05, 3.63) is 53.5 Å². The third-order valence-electron chi connectivity index (χ3n) is 3.26. The van der Waals surface area contributed by atoms with Crippen LogP contribution in [0.25, 0.3) is 10.9 Å². The molecule has 0 bridgehead atoms. The lowest BCUT2D eigenvalue weighted by atomic mass is 10.1. The molecule has 0 saturated heterocycles. The molecular formula is C15H13FN4O. The molecule has 0 aliphatic carbocycles. The largest absolute Gasteiger partial charge is 0.399 e. The minimum absolute atomic E-state index is 0.155. The normalized spacial score (nSPS) is 10.8. The molecule has 5 nitrogen and oxygen atoms in total. The van der Waals surface area contributed by atoms with E-state index in [4.69, 9.17) is 5.73 Å². The van der Waals surface area contributed by atoms with Gasteiger partial charge in [0.05, 0.1) is 11.2 Å². The molecule has 0 aliphatic heterocycles. The fourth-order valence-corrected chi connectivity index (χ4v) is 2.17. The molecular weight excluding hydrogens is 271 g/mol. The highest BCUT2D eigenvalue weighted by molar-refractivity contribution is 6.11. The van der Waals surface area contributed by atoms with Gasteiger partial charge in [-0.25, -0.2) is 4.39 Å². The monoisotopic (exact) mass is 284 g/mol. The number of nitrogens with two attached hydrogens (primary N) is 1. The van der Waals surface area contributed by atoms with Crippen LogP contribution >= 0.6 is 0 Å². The van der Waals surface area contributed by atoms with Gasteiger partial charge in [0.1, 0.15) is 5.82 Å². The number of fused-ring (bicyclic) bond motifs is 1. The van der Waals surface area contributed by atoms with Crippen LogP contribution in [-0.2, 0) is 0 Å². The van der Waals surface area contributed by atoms with Gasteiger partial charge in [-0.1, -0.05) is 12.1 Å². The summed E-state index contributed by atoms with van der Waals surface area (Å²) >= 11 is 0. The van der Waals surface area contributed by atoms with Crippen LogP contribution in [0.2, 0.25) is 0 Å². The van der Waals surface area contributed by atoms with Gasteiger partial charge in [0.25, 0.3) is 5.91 Å². The van der Waals surface area contributed by atoms with E-state index in [1.54, 1.807) is 37.3 Å². The predicted octanol–water partition coefficient (Wildman–Crippen LogP) is 2.84. The highest BCUT2D eigenvalue weighted by Crippen LogP contribution is 2.22. The molecule has 1 heterocycles. The van der Waals surface area contributed by atoms with Gasteiger partial charge in [-0.3, -0.25) is 9.89 Å². The van der Waals surface area contributed by atoms with Crippen molar-refractivity contribution in [2.45, 2.75) is 6.92 Å². The number of nitrogens with one attached hydrogen (secondary N) is 2. The fourth-order valence-electron chi connectivity index (χ4n) is 2.17. The van der Waals surface area contributed by atoms with Crippen molar-refractivity contribution in [2.75, 3.05) is 11.1 Å². The second kappa shape index (κ2) is 4.90. The molecule has 0 spiro atoms. The Morgan fingerprint density at radius 2 is 2.14 bits per heavy atom. The zero-order chi connectivity index (χ0) is 15.0. The lowest BCUT2D eigenvalue weighted by molar-refractivity contribution is 0.102. The van der Waals surface area contributed by atoms with Gasteiger partial charge in [-0.05, 0) is 36.8 Å². The SMILES string of the molecule is Cc1cccc(F)c1NC(=O)c1n[nH]c2ccc(N)cc12. The van der Waals surface area contributed by atoms with Crippen molar-refractivity contribution in [1.29, 1.82) is 0 Å². The van der Waals surface area contributed by atoms with Crippen molar-refractivity contribution >= 4 is 28.2 Å². The lowest BCUT2D eigenvalue weighted by Gasteiger charge is -2.08. The number of nitrogens with zero attached hydrogens (tertiary/aromatic N) is 1. The molecule has 0 saturated carbocycles. The van der Waals surface area contributed by atoms with E-state index in [1.807, 2.05) is 0 Å². The number of carbonyl (C=O) groups excluding carboxylic acids is 1. The molecule has 3 aromatic rings. The molecule has 4 N–H and O–H groups in total. The summed E-state index contributed by atoms with van der Waals surface area (Å²) in [6, 6.07) is 9.71. The summed E-state index contributed by atoms with van der Waals surface area (Å²) in [6.07, 6.45) is 0. The maximum absolute atomic E-state index is 13.8. The van der Waals surface area contributed by atoms with Crippen molar-refractivity contribution in [3.8, 4) is 0 Å². The van der Waals surface area contributed by atoms with E-state index in [0.29, 0.717) is 22.2 Å². The number of benzene rings is 2. The zero-order valence-corrected chi connectivity index (χ0v) is 11.3. The van der Waals surface area contributed by atoms with Crippen molar-refractivity contribution < 1.29 is 9.18 Å². The number of rotatable bonds is 2. The number of amides is 1. The smallest absolute Gasteiger partial charge is 0.276 e. The van der Waals surface area contributed by atoms with Gasteiger partial charge in [0.2, 0.25) is 0 Å². The molecule has 0 aliphatic rings. The van der Waals surface area contributed by atoms with E-state index in [0.717, 1.165) is 0 Å². The summed E-state index contributed by atoms with van der Waals surface area (Å²) in [5, 5.41) is 9.88. The number of H-pyrrole nitrogens is 1. The van der Waals surface area contributed by atoms with Crippen molar-refractivity contribution in [2.24, 2.45) is 0 Å². The van der Waals surface area contributed by atoms with E-state index >= 15 is 0 Å². The number of para-hydroxylation sites is 1. The highest BCUT2D eigenvalue weighted by Gasteiger charge is 2.17. The van der Waals surface area contributed by atoms with Gasteiger partial charge < -0.3 is 11.1 Å². The zero-order valence-electron chi connectivity index (χ0n) is 11.3. The van der Waals surface area contributed by atoms with Crippen LogP contribution in [0.5, 0.6) is 0 Å². The van der Waals surface area contributed by atoms with Crippen LogP contribution < -0.4 is 11.1 Å². The molecule has 0 fully saturated rings. The van der Waals surface area contributed by atoms with Crippen LogP contribution in [0.15, 0.2) is 36.4 Å². The summed E-state index contributed by atoms with van der Waals surface area (Å²) in [5.41, 5.74) is 7.92. The molecule has 0 radical (unpaired) electrons. The first kappa shape index (κ1) is 13.1. The first-order chi connectivity index (χ1) is 10.1. The Morgan fingerprint density at radius 1 is 1.33 bits per heavy atom. The van der Waals surface area contributed by atoms with Crippen LogP contribution in [0, 0.1) is 12.7 Å². The van der Waals surface area contributed by atoms with Crippen LogP contribution in [0.4, 0.5) is 15.8 Å². The molecule has 0 unspecified atom stereocenters. The maximum atomic E-state index is 13.8. The average molecular weight is 284 g/mol. The molecule has 21 heavy (non-hydrogen) atoms. The third-order valence-corrected chi connectivity index (χ3v) is 3.26. The second-order valence-corrected chi connectivity index (χ2v) is 4.76. The van der Waals surface area contributed by atoms with E-state index in [2.05, 4.69) is 15.5 Å². The average Bonchev–Trinajstić information content (AvgIpc) is 2.86. The van der Waals surface area contributed by atoms with Crippen LogP contribution in [-0.4, -0.2) is 16.1 Å². The Kier molecular flexibility index (Phi) is 3.06. The minimum atomic E-state index is -0.486. The highest BCUT2D eigenvalue weighted by atomic mass is 19.1. The Labute approximate surface area is 120 Å². The standard InChI is InChI=1S/C15H13FN4O/c1-8-3-2-4-11(16)13(8)18-15(21)14-10-7-9(17)5-6-12(10)19-20-14/h2-7H,17H2,1H3,(H,18,21)(H,19,20). The quantitative estimate of drug-likeness (QED) is 0.633. The van der Waals surface area contributed by atoms with E-state index in [-0.39, 0.29) is 11.4 Å². The minimum Gasteiger partial charge on any atom is -0.399 e. The number of aromatic nitrogens is 2. The molecule has 2 aromatic carbocycles. The van der Waals surface area contributed by atoms with Gasteiger partial charge in [0.15, 0.2) is 5.69 Å². The molecule has 3 rings (SSSR count). The fraction of sp³-hybridized carbons (Fsp3) is 0.0667. The summed E-state index contributed by atoms with van der Waals surface area (Å²) in [5.74, 6) is -0.970. The van der Waals surface area contributed by atoms with Gasteiger partial charge >= 0.3 is 0 Å². The molecule has 0 atom stereocenters. The summed E-state index contributed by atoms with van der Waals surface area (Å²) in [6.45, 7) is 1.72. The second-order valence-electron chi connectivity index (χ2n) is 4.76. The van der Waals surface area contributed by atoms with Gasteiger partial charge in [0, 0.05) is 11.1 Å². The predicted molar refractivity (Wildman–Crippen MR) is 79.6 cm³/mol. The Bertz CT molecular complexity index is 821. The van der Waals surface area contributed by atoms with Crippen LogP contribution in [0.1, 0.15) is 16.1 Å². The summed E-state index contributed by atoms with van der Waals surface area (Å²) < 4.78 is 13.8. The molecule has 6 heteroatoms. The third kappa shape index (κ3) is 2.31.